The van der Waals surface area contributed by atoms with Crippen molar-refractivity contribution in [3.05, 3.63) is 80.2 Å². The number of carbonyl (C=O) groups is 1. The van der Waals surface area contributed by atoms with Gasteiger partial charge in [0, 0.05) is 32.4 Å². The molecule has 0 amide bonds. The molecule has 0 bridgehead atoms. The van der Waals surface area contributed by atoms with E-state index < -0.39 is 0 Å². The van der Waals surface area contributed by atoms with Gasteiger partial charge in [0.25, 0.3) is 0 Å². The van der Waals surface area contributed by atoms with Crippen LogP contribution in [0.4, 0.5) is 5.69 Å². The monoisotopic (exact) mass is 472 g/mol. The number of aliphatic imine (C=N–C) groups is 1. The summed E-state index contributed by atoms with van der Waals surface area (Å²) in [7, 11) is 1.37. The van der Waals surface area contributed by atoms with Crippen LogP contribution < -0.4 is 0 Å². The maximum absolute atomic E-state index is 11.5. The van der Waals surface area contributed by atoms with Gasteiger partial charge < -0.3 is 9.30 Å². The molecule has 2 aromatic carbocycles. The van der Waals surface area contributed by atoms with Crippen LogP contribution >= 0.6 is 22.6 Å². The Hall–Kier alpha value is -2.41. The number of halogens is 1. The second-order valence-corrected chi connectivity index (χ2v) is 7.55. The van der Waals surface area contributed by atoms with Gasteiger partial charge in [0.15, 0.2) is 0 Å². The third kappa shape index (κ3) is 4.13. The third-order valence-corrected chi connectivity index (χ3v) is 5.72. The number of benzene rings is 2. The number of methoxy groups -OCH3 is 1. The first-order chi connectivity index (χ1) is 12.9. The van der Waals surface area contributed by atoms with Crippen LogP contribution in [0.5, 0.6) is 0 Å². The first-order valence-corrected chi connectivity index (χ1v) is 9.66. The van der Waals surface area contributed by atoms with Gasteiger partial charge in [0.1, 0.15) is 0 Å². The Balaban J connectivity index is 1.89. The standard InChI is InChI=1S/C22H21IN2O2/c1-14-11-20(9-10-21(14)23)25-15(2)12-18(16(25)3)13-24-19-7-5-17(6-8-19)22(26)27-4/h5-13H,1-4H3. The number of hydrogen-bond donors (Lipinski definition) is 0. The van der Waals surface area contributed by atoms with Gasteiger partial charge >= 0.3 is 5.97 Å². The van der Waals surface area contributed by atoms with E-state index in [0.717, 1.165) is 28.3 Å². The Kier molecular flexibility index (Phi) is 5.79. The molecule has 0 atom stereocenters. The molecule has 5 heteroatoms. The van der Waals surface area contributed by atoms with Gasteiger partial charge in [-0.15, -0.1) is 0 Å². The summed E-state index contributed by atoms with van der Waals surface area (Å²) in [6.45, 7) is 6.32. The molecule has 0 fully saturated rings. The summed E-state index contributed by atoms with van der Waals surface area (Å²) in [5.41, 5.74) is 7.10. The molecule has 4 nitrogen and oxygen atoms in total. The quantitative estimate of drug-likeness (QED) is 0.284. The highest BCUT2D eigenvalue weighted by atomic mass is 127. The third-order valence-electron chi connectivity index (χ3n) is 4.51. The van der Waals surface area contributed by atoms with Crippen molar-refractivity contribution in [2.45, 2.75) is 20.8 Å². The molecule has 1 aromatic heterocycles. The molecule has 1 heterocycles. The SMILES string of the molecule is COC(=O)c1ccc(N=Cc2cc(C)n(-c3ccc(I)c(C)c3)c2C)cc1. The topological polar surface area (TPSA) is 43.6 Å². The fourth-order valence-electron chi connectivity index (χ4n) is 3.03. The first-order valence-electron chi connectivity index (χ1n) is 8.58. The zero-order chi connectivity index (χ0) is 19.6. The lowest BCUT2D eigenvalue weighted by molar-refractivity contribution is 0.0601. The van der Waals surface area contributed by atoms with Gasteiger partial charge in [0.05, 0.1) is 18.4 Å². The minimum atomic E-state index is -0.345. The normalized spacial score (nSPS) is 11.1. The molecule has 0 saturated carbocycles. The van der Waals surface area contributed by atoms with E-state index in [-0.39, 0.29) is 5.97 Å². The van der Waals surface area contributed by atoms with Crippen molar-refractivity contribution in [1.82, 2.24) is 4.57 Å². The van der Waals surface area contributed by atoms with Crippen LogP contribution in [0.15, 0.2) is 53.5 Å². The highest BCUT2D eigenvalue weighted by Gasteiger charge is 2.10. The predicted octanol–water partition coefficient (Wildman–Crippen LogP) is 5.54. The highest BCUT2D eigenvalue weighted by Crippen LogP contribution is 2.23. The lowest BCUT2D eigenvalue weighted by Gasteiger charge is -2.11. The van der Waals surface area contributed by atoms with Crippen molar-refractivity contribution >= 4 is 40.5 Å². The minimum Gasteiger partial charge on any atom is -0.465 e. The Labute approximate surface area is 173 Å². The number of carbonyl (C=O) groups excluding carboxylic acids is 1. The molecule has 0 saturated heterocycles. The molecule has 0 spiro atoms. The van der Waals surface area contributed by atoms with Crippen molar-refractivity contribution in [1.29, 1.82) is 0 Å². The molecule has 0 radical (unpaired) electrons. The van der Waals surface area contributed by atoms with Crippen molar-refractivity contribution in [3.63, 3.8) is 0 Å². The number of esters is 1. The second-order valence-electron chi connectivity index (χ2n) is 6.39. The Bertz CT molecular complexity index is 1020. The molecular formula is C22H21IN2O2. The summed E-state index contributed by atoms with van der Waals surface area (Å²) in [6.07, 6.45) is 1.87. The van der Waals surface area contributed by atoms with Crippen molar-refractivity contribution in [2.24, 2.45) is 4.99 Å². The summed E-state index contributed by atoms with van der Waals surface area (Å²) >= 11 is 2.35. The minimum absolute atomic E-state index is 0.345. The summed E-state index contributed by atoms with van der Waals surface area (Å²) in [5.74, 6) is -0.345. The van der Waals surface area contributed by atoms with E-state index >= 15 is 0 Å². The van der Waals surface area contributed by atoms with E-state index in [0.29, 0.717) is 5.56 Å². The van der Waals surface area contributed by atoms with E-state index in [1.165, 1.54) is 16.2 Å². The maximum atomic E-state index is 11.5. The van der Waals surface area contributed by atoms with Gasteiger partial charge in [-0.25, -0.2) is 4.79 Å². The van der Waals surface area contributed by atoms with Crippen molar-refractivity contribution in [2.75, 3.05) is 7.11 Å². The fraction of sp³-hybridized carbons (Fsp3) is 0.182. The summed E-state index contributed by atoms with van der Waals surface area (Å²) in [4.78, 5) is 16.1. The summed E-state index contributed by atoms with van der Waals surface area (Å²) in [6, 6.07) is 15.7. The second kappa shape index (κ2) is 8.08. The molecule has 27 heavy (non-hydrogen) atoms. The average molecular weight is 472 g/mol. The van der Waals surface area contributed by atoms with Crippen LogP contribution in [0.25, 0.3) is 5.69 Å². The molecule has 3 rings (SSSR count). The molecule has 0 aliphatic heterocycles. The van der Waals surface area contributed by atoms with Gasteiger partial charge in [-0.05, 0) is 97.5 Å². The molecule has 0 aliphatic carbocycles. The molecule has 0 aliphatic rings. The van der Waals surface area contributed by atoms with E-state index in [4.69, 9.17) is 4.74 Å². The Morgan fingerprint density at radius 2 is 1.78 bits per heavy atom. The summed E-state index contributed by atoms with van der Waals surface area (Å²) in [5, 5.41) is 0. The van der Waals surface area contributed by atoms with Crippen LogP contribution in [-0.2, 0) is 4.74 Å². The molecule has 0 N–H and O–H groups in total. The number of ether oxygens (including phenoxy) is 1. The average Bonchev–Trinajstić information content (AvgIpc) is 2.95. The largest absolute Gasteiger partial charge is 0.465 e. The van der Waals surface area contributed by atoms with Gasteiger partial charge in [-0.3, -0.25) is 4.99 Å². The number of rotatable bonds is 4. The van der Waals surface area contributed by atoms with Gasteiger partial charge in [0.2, 0.25) is 0 Å². The molecule has 3 aromatic rings. The van der Waals surface area contributed by atoms with E-state index in [1.54, 1.807) is 12.1 Å². The number of hydrogen-bond acceptors (Lipinski definition) is 3. The lowest BCUT2D eigenvalue weighted by atomic mass is 10.2. The fourth-order valence-corrected chi connectivity index (χ4v) is 3.36. The zero-order valence-electron chi connectivity index (χ0n) is 15.8. The number of nitrogens with zero attached hydrogens (tertiary/aromatic N) is 2. The highest BCUT2D eigenvalue weighted by molar-refractivity contribution is 14.1. The summed E-state index contributed by atoms with van der Waals surface area (Å²) < 4.78 is 8.22. The van der Waals surface area contributed by atoms with Crippen molar-refractivity contribution < 1.29 is 9.53 Å². The zero-order valence-corrected chi connectivity index (χ0v) is 17.9. The van der Waals surface area contributed by atoms with E-state index in [1.807, 2.05) is 18.3 Å². The van der Waals surface area contributed by atoms with Crippen LogP contribution in [-0.4, -0.2) is 23.9 Å². The van der Waals surface area contributed by atoms with Gasteiger partial charge in [-0.1, -0.05) is 0 Å². The smallest absolute Gasteiger partial charge is 0.337 e. The van der Waals surface area contributed by atoms with E-state index in [2.05, 4.69) is 77.2 Å². The van der Waals surface area contributed by atoms with Crippen LogP contribution in [0.2, 0.25) is 0 Å². The van der Waals surface area contributed by atoms with Gasteiger partial charge in [-0.2, -0.15) is 0 Å². The predicted molar refractivity (Wildman–Crippen MR) is 118 cm³/mol. The molecule has 0 unspecified atom stereocenters. The number of aromatic nitrogens is 1. The van der Waals surface area contributed by atoms with Crippen LogP contribution in [0, 0.1) is 24.3 Å². The Morgan fingerprint density at radius 3 is 2.41 bits per heavy atom. The van der Waals surface area contributed by atoms with E-state index in [9.17, 15) is 4.79 Å². The van der Waals surface area contributed by atoms with Crippen LogP contribution in [0.3, 0.4) is 0 Å². The Morgan fingerprint density at radius 1 is 1.07 bits per heavy atom. The lowest BCUT2D eigenvalue weighted by Crippen LogP contribution is -2.00. The van der Waals surface area contributed by atoms with Crippen molar-refractivity contribution in [3.8, 4) is 5.69 Å². The molecular weight excluding hydrogens is 451 g/mol. The number of aryl methyl sites for hydroxylation is 2. The maximum Gasteiger partial charge on any atom is 0.337 e. The first kappa shape index (κ1) is 19.4. The molecule has 138 valence electrons. The van der Waals surface area contributed by atoms with Crippen LogP contribution in [0.1, 0.15) is 32.9 Å².